The van der Waals surface area contributed by atoms with Crippen LogP contribution < -0.4 is 5.73 Å². The Balaban J connectivity index is 3.53. The van der Waals surface area contributed by atoms with Crippen molar-refractivity contribution in [2.24, 2.45) is 5.73 Å². The average Bonchev–Trinajstić information content (AvgIpc) is 2.25. The summed E-state index contributed by atoms with van der Waals surface area (Å²) < 4.78 is 10.7. The minimum atomic E-state index is 0.771. The molecule has 0 saturated carbocycles. The van der Waals surface area contributed by atoms with E-state index >= 15 is 0 Å². The van der Waals surface area contributed by atoms with Crippen molar-refractivity contribution in [1.29, 1.82) is 0 Å². The summed E-state index contributed by atoms with van der Waals surface area (Å²) in [6, 6.07) is 0. The number of rotatable bonds is 11. The highest BCUT2D eigenvalue weighted by Crippen LogP contribution is 2.18. The maximum atomic E-state index is 5.51. The van der Waals surface area contributed by atoms with Crippen molar-refractivity contribution in [3.05, 3.63) is 5.92 Å². The molecule has 0 heterocycles. The molecule has 0 spiro atoms. The van der Waals surface area contributed by atoms with E-state index in [0.29, 0.717) is 0 Å². The second-order valence-corrected chi connectivity index (χ2v) is 3.54. The summed E-state index contributed by atoms with van der Waals surface area (Å²) in [6.07, 6.45) is 4.31. The molecule has 0 aliphatic heterocycles. The van der Waals surface area contributed by atoms with Gasteiger partial charge >= 0.3 is 0 Å². The Kier molecular flexibility index (Phi) is 11.9. The molecule has 0 aromatic rings. The van der Waals surface area contributed by atoms with Crippen molar-refractivity contribution in [2.45, 2.75) is 39.5 Å². The van der Waals surface area contributed by atoms with Gasteiger partial charge < -0.3 is 15.2 Å². The molecule has 0 saturated heterocycles. The second kappa shape index (κ2) is 12.0. The van der Waals surface area contributed by atoms with Crippen LogP contribution in [0.25, 0.3) is 0 Å². The van der Waals surface area contributed by atoms with Gasteiger partial charge in [0.25, 0.3) is 0 Å². The van der Waals surface area contributed by atoms with Crippen LogP contribution >= 0.6 is 0 Å². The second-order valence-electron chi connectivity index (χ2n) is 3.54. The van der Waals surface area contributed by atoms with Crippen LogP contribution in [-0.2, 0) is 9.47 Å². The van der Waals surface area contributed by atoms with E-state index in [1.165, 1.54) is 5.92 Å². The van der Waals surface area contributed by atoms with Crippen LogP contribution in [-0.4, -0.2) is 33.0 Å². The summed E-state index contributed by atoms with van der Waals surface area (Å²) in [7, 11) is 0. The lowest BCUT2D eigenvalue weighted by molar-refractivity contribution is 0.131. The van der Waals surface area contributed by atoms with Crippen molar-refractivity contribution >= 4 is 0 Å². The number of hydrogen-bond donors (Lipinski definition) is 1. The van der Waals surface area contributed by atoms with Crippen LogP contribution in [0.2, 0.25) is 0 Å². The lowest BCUT2D eigenvalue weighted by atomic mass is 9.96. The Hall–Kier alpha value is -0.120. The summed E-state index contributed by atoms with van der Waals surface area (Å²) in [5.74, 6) is 1.53. The van der Waals surface area contributed by atoms with Crippen LogP contribution in [0.3, 0.4) is 0 Å². The van der Waals surface area contributed by atoms with E-state index in [4.69, 9.17) is 15.2 Å². The summed E-state index contributed by atoms with van der Waals surface area (Å²) in [4.78, 5) is 0. The first-order chi connectivity index (χ1) is 7.35. The van der Waals surface area contributed by atoms with Gasteiger partial charge in [0, 0.05) is 26.4 Å². The molecule has 0 aromatic carbocycles. The molecule has 0 atom stereocenters. The van der Waals surface area contributed by atoms with E-state index in [-0.39, 0.29) is 0 Å². The van der Waals surface area contributed by atoms with Crippen LogP contribution in [0.4, 0.5) is 0 Å². The maximum Gasteiger partial charge on any atom is 0.0471 e. The predicted octanol–water partition coefficient (Wildman–Crippen LogP) is 2.15. The molecule has 0 amide bonds. The standard InChI is InChI=1S/C12H26NO2/c1-3-14-10-7-12(6-5-9-13)8-11-15-4-2/h3-11,13H2,1-2H3. The van der Waals surface area contributed by atoms with Crippen molar-refractivity contribution < 1.29 is 9.47 Å². The molecule has 3 heteroatoms. The zero-order valence-electron chi connectivity index (χ0n) is 10.3. The summed E-state index contributed by atoms with van der Waals surface area (Å²) >= 11 is 0. The Morgan fingerprint density at radius 1 is 0.933 bits per heavy atom. The number of ether oxygens (including phenoxy) is 2. The molecule has 15 heavy (non-hydrogen) atoms. The van der Waals surface area contributed by atoms with Crippen molar-refractivity contribution in [1.82, 2.24) is 0 Å². The first kappa shape index (κ1) is 14.9. The quantitative estimate of drug-likeness (QED) is 0.538. The van der Waals surface area contributed by atoms with Crippen molar-refractivity contribution in [3.63, 3.8) is 0 Å². The fraction of sp³-hybridized carbons (Fsp3) is 0.917. The Morgan fingerprint density at radius 3 is 1.87 bits per heavy atom. The SMILES string of the molecule is CCOCC[C](CCCN)CCOCC. The molecule has 0 bridgehead atoms. The molecule has 0 aromatic heterocycles. The van der Waals surface area contributed by atoms with Gasteiger partial charge in [0.1, 0.15) is 0 Å². The predicted molar refractivity (Wildman–Crippen MR) is 63.8 cm³/mol. The first-order valence-electron chi connectivity index (χ1n) is 6.04. The maximum absolute atomic E-state index is 5.51. The van der Waals surface area contributed by atoms with E-state index in [0.717, 1.165) is 58.7 Å². The van der Waals surface area contributed by atoms with Gasteiger partial charge in [-0.25, -0.2) is 0 Å². The van der Waals surface area contributed by atoms with E-state index < -0.39 is 0 Å². The van der Waals surface area contributed by atoms with Crippen molar-refractivity contribution in [3.8, 4) is 0 Å². The molecule has 0 unspecified atom stereocenters. The monoisotopic (exact) mass is 216 g/mol. The van der Waals surface area contributed by atoms with Crippen LogP contribution in [0.15, 0.2) is 0 Å². The molecule has 0 fully saturated rings. The molecule has 2 N–H and O–H groups in total. The van der Waals surface area contributed by atoms with E-state index in [9.17, 15) is 0 Å². The molecule has 91 valence electrons. The zero-order chi connectivity index (χ0) is 11.4. The molecule has 0 rings (SSSR count). The normalized spacial score (nSPS) is 11.2. The number of hydrogen-bond acceptors (Lipinski definition) is 3. The number of nitrogens with two attached hydrogens (primary N) is 1. The fourth-order valence-electron chi connectivity index (χ4n) is 1.45. The summed E-state index contributed by atoms with van der Waals surface area (Å²) in [5, 5.41) is 0. The molecule has 0 aliphatic carbocycles. The highest BCUT2D eigenvalue weighted by Gasteiger charge is 2.08. The molecule has 3 nitrogen and oxygen atoms in total. The Bertz CT molecular complexity index is 110. The topological polar surface area (TPSA) is 44.5 Å². The van der Waals surface area contributed by atoms with E-state index in [2.05, 4.69) is 0 Å². The van der Waals surface area contributed by atoms with Gasteiger partial charge in [0.15, 0.2) is 0 Å². The Morgan fingerprint density at radius 2 is 1.47 bits per heavy atom. The molecule has 1 radical (unpaired) electrons. The third-order valence-corrected chi connectivity index (χ3v) is 2.34. The summed E-state index contributed by atoms with van der Waals surface area (Å²) in [6.45, 7) is 8.10. The van der Waals surface area contributed by atoms with Gasteiger partial charge in [0.05, 0.1) is 0 Å². The third-order valence-electron chi connectivity index (χ3n) is 2.34. The minimum absolute atomic E-state index is 0.771. The van der Waals surface area contributed by atoms with Gasteiger partial charge in [0.2, 0.25) is 0 Å². The largest absolute Gasteiger partial charge is 0.382 e. The van der Waals surface area contributed by atoms with Crippen molar-refractivity contribution in [2.75, 3.05) is 33.0 Å². The van der Waals surface area contributed by atoms with E-state index in [1.54, 1.807) is 0 Å². The molecule has 0 aliphatic rings. The van der Waals surface area contributed by atoms with Gasteiger partial charge in [-0.3, -0.25) is 0 Å². The molecular weight excluding hydrogens is 190 g/mol. The highest BCUT2D eigenvalue weighted by molar-refractivity contribution is 4.89. The fourth-order valence-corrected chi connectivity index (χ4v) is 1.45. The van der Waals surface area contributed by atoms with Crippen LogP contribution in [0.5, 0.6) is 0 Å². The van der Waals surface area contributed by atoms with Gasteiger partial charge in [-0.15, -0.1) is 0 Å². The molecular formula is C12H26NO2. The van der Waals surface area contributed by atoms with Gasteiger partial charge in [-0.2, -0.15) is 0 Å². The highest BCUT2D eigenvalue weighted by atomic mass is 16.5. The van der Waals surface area contributed by atoms with Gasteiger partial charge in [-0.05, 0) is 52.0 Å². The van der Waals surface area contributed by atoms with Gasteiger partial charge in [-0.1, -0.05) is 0 Å². The third kappa shape index (κ3) is 10.2. The van der Waals surface area contributed by atoms with Crippen LogP contribution in [0, 0.1) is 5.92 Å². The zero-order valence-corrected chi connectivity index (χ0v) is 10.3. The average molecular weight is 216 g/mol. The summed E-state index contributed by atoms with van der Waals surface area (Å²) in [5.41, 5.74) is 5.51. The first-order valence-corrected chi connectivity index (χ1v) is 6.04. The van der Waals surface area contributed by atoms with E-state index in [1.807, 2.05) is 13.8 Å². The minimum Gasteiger partial charge on any atom is -0.382 e. The lowest BCUT2D eigenvalue weighted by Crippen LogP contribution is -2.09. The smallest absolute Gasteiger partial charge is 0.0471 e. The Labute approximate surface area is 94.3 Å². The van der Waals surface area contributed by atoms with Crippen LogP contribution in [0.1, 0.15) is 39.5 Å². The lowest BCUT2D eigenvalue weighted by Gasteiger charge is -2.15.